The summed E-state index contributed by atoms with van der Waals surface area (Å²) in [6.45, 7) is 0.724. The first-order valence-electron chi connectivity index (χ1n) is 4.17. The van der Waals surface area contributed by atoms with Crippen molar-refractivity contribution in [2.24, 2.45) is 0 Å². The summed E-state index contributed by atoms with van der Waals surface area (Å²) < 4.78 is 1.84. The molecule has 2 rings (SSSR count). The molecule has 0 aliphatic heterocycles. The van der Waals surface area contributed by atoms with Gasteiger partial charge in [0, 0.05) is 12.4 Å². The minimum atomic E-state index is 0.380. The van der Waals surface area contributed by atoms with Gasteiger partial charge >= 0.3 is 0 Å². The van der Waals surface area contributed by atoms with Crippen molar-refractivity contribution < 1.29 is 0 Å². The van der Waals surface area contributed by atoms with Crippen LogP contribution in [0.1, 0.15) is 5.82 Å². The van der Waals surface area contributed by atoms with Crippen LogP contribution in [0, 0.1) is 0 Å². The van der Waals surface area contributed by atoms with E-state index in [1.807, 2.05) is 23.4 Å². The molecule has 0 fully saturated rings. The summed E-state index contributed by atoms with van der Waals surface area (Å²) in [7, 11) is 3.95. The molecule has 0 aliphatic carbocycles. The first-order valence-corrected chi connectivity index (χ1v) is 4.55. The van der Waals surface area contributed by atoms with Crippen molar-refractivity contribution in [3.63, 3.8) is 0 Å². The minimum Gasteiger partial charge on any atom is -0.302 e. The van der Waals surface area contributed by atoms with Crippen molar-refractivity contribution in [1.82, 2.24) is 24.5 Å². The number of hydrogen-bond donors (Lipinski definition) is 0. The summed E-state index contributed by atoms with van der Waals surface area (Å²) in [5, 5.41) is 8.39. The second-order valence-corrected chi connectivity index (χ2v) is 3.62. The van der Waals surface area contributed by atoms with Crippen molar-refractivity contribution in [2.45, 2.75) is 6.54 Å². The molecule has 0 spiro atoms. The molecule has 0 atom stereocenters. The number of aromatic nitrogens is 4. The van der Waals surface area contributed by atoms with E-state index in [0.29, 0.717) is 10.8 Å². The molecule has 0 amide bonds. The molecule has 0 saturated carbocycles. The van der Waals surface area contributed by atoms with Gasteiger partial charge in [-0.25, -0.2) is 4.98 Å². The van der Waals surface area contributed by atoms with Gasteiger partial charge < -0.3 is 4.90 Å². The molecule has 2 heterocycles. The van der Waals surface area contributed by atoms with Crippen molar-refractivity contribution >= 4 is 17.2 Å². The average molecular weight is 212 g/mol. The van der Waals surface area contributed by atoms with Crippen LogP contribution in [0.15, 0.2) is 12.4 Å². The van der Waals surface area contributed by atoms with Gasteiger partial charge in [0.1, 0.15) is 0 Å². The number of nitrogens with zero attached hydrogens (tertiary/aromatic N) is 5. The van der Waals surface area contributed by atoms with Gasteiger partial charge in [-0.2, -0.15) is 0 Å². The molecule has 2 aromatic rings. The Balaban J connectivity index is 2.52. The molecular weight excluding hydrogens is 202 g/mol. The van der Waals surface area contributed by atoms with Crippen molar-refractivity contribution in [3.8, 4) is 0 Å². The number of fused-ring (bicyclic) bond motifs is 1. The second-order valence-electron chi connectivity index (χ2n) is 3.27. The SMILES string of the molecule is CN(C)Cc1nnc2c(Cl)nccn12. The highest BCUT2D eigenvalue weighted by Crippen LogP contribution is 2.12. The summed E-state index contributed by atoms with van der Waals surface area (Å²) in [5.41, 5.74) is 0.603. The molecule has 74 valence electrons. The van der Waals surface area contributed by atoms with Gasteiger partial charge in [0.25, 0.3) is 0 Å². The van der Waals surface area contributed by atoms with Crippen molar-refractivity contribution in [1.29, 1.82) is 0 Å². The summed E-state index contributed by atoms with van der Waals surface area (Å²) >= 11 is 5.86. The third-order valence-corrected chi connectivity index (χ3v) is 2.08. The number of hydrogen-bond acceptors (Lipinski definition) is 4. The van der Waals surface area contributed by atoms with E-state index in [4.69, 9.17) is 11.6 Å². The van der Waals surface area contributed by atoms with Crippen LogP contribution in [0.25, 0.3) is 5.65 Å². The van der Waals surface area contributed by atoms with Gasteiger partial charge in [0.15, 0.2) is 16.6 Å². The zero-order chi connectivity index (χ0) is 10.1. The fourth-order valence-electron chi connectivity index (χ4n) is 1.23. The lowest BCUT2D eigenvalue weighted by molar-refractivity contribution is 0.388. The summed E-state index contributed by atoms with van der Waals surface area (Å²) in [5.74, 6) is 0.856. The predicted octanol–water partition coefficient (Wildman–Crippen LogP) is 0.839. The van der Waals surface area contributed by atoms with Crippen LogP contribution in [-0.2, 0) is 6.54 Å². The zero-order valence-electron chi connectivity index (χ0n) is 7.98. The van der Waals surface area contributed by atoms with Gasteiger partial charge in [-0.3, -0.25) is 4.40 Å². The number of halogens is 1. The van der Waals surface area contributed by atoms with Gasteiger partial charge in [-0.1, -0.05) is 11.6 Å². The first-order chi connectivity index (χ1) is 6.68. The first kappa shape index (κ1) is 9.36. The molecule has 0 unspecified atom stereocenters. The van der Waals surface area contributed by atoms with E-state index in [1.165, 1.54) is 0 Å². The zero-order valence-corrected chi connectivity index (χ0v) is 8.73. The van der Waals surface area contributed by atoms with Crippen molar-refractivity contribution in [2.75, 3.05) is 14.1 Å². The lowest BCUT2D eigenvalue weighted by atomic mass is 10.5. The molecule has 0 bridgehead atoms. The van der Waals surface area contributed by atoms with E-state index in [1.54, 1.807) is 12.4 Å². The molecule has 2 aromatic heterocycles. The molecular formula is C8H10ClN5. The Kier molecular flexibility index (Phi) is 2.35. The lowest BCUT2D eigenvalue weighted by Gasteiger charge is -2.06. The highest BCUT2D eigenvalue weighted by molar-refractivity contribution is 6.32. The van der Waals surface area contributed by atoms with Crippen LogP contribution >= 0.6 is 11.6 Å². The molecule has 6 heteroatoms. The van der Waals surface area contributed by atoms with Gasteiger partial charge in [0.05, 0.1) is 6.54 Å². The maximum absolute atomic E-state index is 5.86. The minimum absolute atomic E-state index is 0.380. The molecule has 0 aliphatic rings. The Morgan fingerprint density at radius 1 is 1.43 bits per heavy atom. The highest BCUT2D eigenvalue weighted by atomic mass is 35.5. The second kappa shape index (κ2) is 3.51. The Morgan fingerprint density at radius 2 is 2.21 bits per heavy atom. The maximum Gasteiger partial charge on any atom is 0.198 e. The quantitative estimate of drug-likeness (QED) is 0.739. The normalized spacial score (nSPS) is 11.4. The smallest absolute Gasteiger partial charge is 0.198 e. The van der Waals surface area contributed by atoms with E-state index in [9.17, 15) is 0 Å². The standard InChI is InChI=1S/C8H10ClN5/c1-13(2)5-6-11-12-8-7(9)10-3-4-14(6)8/h3-4H,5H2,1-2H3. The average Bonchev–Trinajstić information content (AvgIpc) is 2.49. The fraction of sp³-hybridized carbons (Fsp3) is 0.375. The van der Waals surface area contributed by atoms with Gasteiger partial charge in [0.2, 0.25) is 0 Å². The maximum atomic E-state index is 5.86. The Morgan fingerprint density at radius 3 is 2.93 bits per heavy atom. The van der Waals surface area contributed by atoms with Crippen LogP contribution in [0.4, 0.5) is 0 Å². The van der Waals surface area contributed by atoms with E-state index >= 15 is 0 Å². The molecule has 14 heavy (non-hydrogen) atoms. The van der Waals surface area contributed by atoms with Crippen LogP contribution < -0.4 is 0 Å². The Bertz CT molecular complexity index is 450. The van der Waals surface area contributed by atoms with Crippen molar-refractivity contribution in [3.05, 3.63) is 23.4 Å². The predicted molar refractivity (Wildman–Crippen MR) is 53.2 cm³/mol. The largest absolute Gasteiger partial charge is 0.302 e. The molecule has 5 nitrogen and oxygen atoms in total. The molecule has 0 N–H and O–H groups in total. The van der Waals surface area contributed by atoms with E-state index < -0.39 is 0 Å². The third-order valence-electron chi connectivity index (χ3n) is 1.81. The third kappa shape index (κ3) is 1.56. The Hall–Kier alpha value is -1.20. The highest BCUT2D eigenvalue weighted by Gasteiger charge is 2.08. The Labute approximate surface area is 86.3 Å². The van der Waals surface area contributed by atoms with E-state index in [0.717, 1.165) is 12.4 Å². The van der Waals surface area contributed by atoms with Crippen LogP contribution in [0.3, 0.4) is 0 Å². The number of rotatable bonds is 2. The fourth-order valence-corrected chi connectivity index (χ4v) is 1.42. The van der Waals surface area contributed by atoms with Crippen LogP contribution in [-0.4, -0.2) is 38.6 Å². The molecule has 0 saturated heterocycles. The van der Waals surface area contributed by atoms with Gasteiger partial charge in [-0.05, 0) is 14.1 Å². The van der Waals surface area contributed by atoms with Crippen LogP contribution in [0.2, 0.25) is 5.15 Å². The van der Waals surface area contributed by atoms with E-state index in [-0.39, 0.29) is 0 Å². The monoisotopic (exact) mass is 211 g/mol. The van der Waals surface area contributed by atoms with Gasteiger partial charge in [-0.15, -0.1) is 10.2 Å². The summed E-state index contributed by atoms with van der Waals surface area (Å²) in [6, 6.07) is 0. The summed E-state index contributed by atoms with van der Waals surface area (Å²) in [6.07, 6.45) is 3.44. The van der Waals surface area contributed by atoms with E-state index in [2.05, 4.69) is 15.2 Å². The van der Waals surface area contributed by atoms with Crippen LogP contribution in [0.5, 0.6) is 0 Å². The molecule has 0 radical (unpaired) electrons. The summed E-state index contributed by atoms with van der Waals surface area (Å²) in [4.78, 5) is 5.95. The lowest BCUT2D eigenvalue weighted by Crippen LogP contribution is -2.13. The molecule has 0 aromatic carbocycles. The topological polar surface area (TPSA) is 46.3 Å².